The number of imidazole rings is 1. The summed E-state index contributed by atoms with van der Waals surface area (Å²) >= 11 is 6.07. The van der Waals surface area contributed by atoms with Crippen LogP contribution in [-0.2, 0) is 6.42 Å². The number of pyridine rings is 1. The van der Waals surface area contributed by atoms with Crippen LogP contribution in [0.3, 0.4) is 0 Å². The van der Waals surface area contributed by atoms with Crippen molar-refractivity contribution in [3.8, 4) is 0 Å². The molecular formula is C12H9ClN2O. The van der Waals surface area contributed by atoms with Gasteiger partial charge >= 0.3 is 0 Å². The van der Waals surface area contributed by atoms with Gasteiger partial charge in [0.15, 0.2) is 0 Å². The molecule has 0 spiro atoms. The van der Waals surface area contributed by atoms with Crippen molar-refractivity contribution in [3.63, 3.8) is 0 Å². The number of furan rings is 1. The quantitative estimate of drug-likeness (QED) is 0.679. The minimum absolute atomic E-state index is 0.668. The van der Waals surface area contributed by atoms with Gasteiger partial charge in [-0.05, 0) is 24.3 Å². The summed E-state index contributed by atoms with van der Waals surface area (Å²) in [5.74, 6) is 1.82. The van der Waals surface area contributed by atoms with E-state index in [-0.39, 0.29) is 0 Å². The average Bonchev–Trinajstić information content (AvgIpc) is 2.90. The Bertz CT molecular complexity index is 613. The molecule has 0 aromatic carbocycles. The predicted octanol–water partition coefficient (Wildman–Crippen LogP) is 3.17. The molecule has 3 heterocycles. The summed E-state index contributed by atoms with van der Waals surface area (Å²) in [4.78, 5) is 4.35. The lowest BCUT2D eigenvalue weighted by molar-refractivity contribution is 0.516. The van der Waals surface area contributed by atoms with E-state index in [9.17, 15) is 0 Å². The Morgan fingerprint density at radius 2 is 2.25 bits per heavy atom. The van der Waals surface area contributed by atoms with Crippen molar-refractivity contribution >= 4 is 17.1 Å². The van der Waals surface area contributed by atoms with E-state index in [1.807, 2.05) is 34.9 Å². The highest BCUT2D eigenvalue weighted by molar-refractivity contribution is 6.33. The van der Waals surface area contributed by atoms with Gasteiger partial charge in [-0.2, -0.15) is 0 Å². The molecule has 0 N–H and O–H groups in total. The molecule has 0 atom stereocenters. The van der Waals surface area contributed by atoms with Gasteiger partial charge in [0.1, 0.15) is 11.6 Å². The Labute approximate surface area is 97.3 Å². The smallest absolute Gasteiger partial charge is 0.120 e. The molecule has 0 saturated carbocycles. The molecule has 3 aromatic heterocycles. The Balaban J connectivity index is 2.08. The zero-order chi connectivity index (χ0) is 11.0. The molecule has 3 aromatic rings. The predicted molar refractivity (Wildman–Crippen MR) is 61.7 cm³/mol. The van der Waals surface area contributed by atoms with E-state index in [1.54, 1.807) is 12.5 Å². The fraction of sp³-hybridized carbons (Fsp3) is 0.0833. The Morgan fingerprint density at radius 1 is 1.31 bits per heavy atom. The lowest BCUT2D eigenvalue weighted by Crippen LogP contribution is -1.94. The van der Waals surface area contributed by atoms with Gasteiger partial charge in [-0.25, -0.2) is 4.98 Å². The van der Waals surface area contributed by atoms with Crippen LogP contribution in [0.2, 0.25) is 5.02 Å². The third kappa shape index (κ3) is 1.49. The van der Waals surface area contributed by atoms with Crippen LogP contribution in [0.5, 0.6) is 0 Å². The summed E-state index contributed by atoms with van der Waals surface area (Å²) < 4.78 is 7.28. The highest BCUT2D eigenvalue weighted by Crippen LogP contribution is 2.19. The van der Waals surface area contributed by atoms with Crippen molar-refractivity contribution in [3.05, 3.63) is 59.5 Å². The minimum Gasteiger partial charge on any atom is -0.469 e. The van der Waals surface area contributed by atoms with E-state index >= 15 is 0 Å². The molecule has 0 fully saturated rings. The van der Waals surface area contributed by atoms with Crippen LogP contribution in [0.25, 0.3) is 5.52 Å². The number of nitrogens with zero attached hydrogens (tertiary/aromatic N) is 2. The SMILES string of the molecule is Clc1cccn2c(Cc3ccco3)ncc12. The highest BCUT2D eigenvalue weighted by Gasteiger charge is 2.07. The van der Waals surface area contributed by atoms with E-state index in [1.165, 1.54) is 0 Å². The van der Waals surface area contributed by atoms with Crippen LogP contribution in [-0.4, -0.2) is 9.38 Å². The van der Waals surface area contributed by atoms with Gasteiger partial charge in [-0.1, -0.05) is 11.6 Å². The van der Waals surface area contributed by atoms with Gasteiger partial charge in [0, 0.05) is 6.20 Å². The standard InChI is InChI=1S/C12H9ClN2O/c13-10-4-1-5-15-11(10)8-14-12(15)7-9-3-2-6-16-9/h1-6,8H,7H2. The van der Waals surface area contributed by atoms with E-state index in [0.29, 0.717) is 11.4 Å². The minimum atomic E-state index is 0.668. The summed E-state index contributed by atoms with van der Waals surface area (Å²) in [6.07, 6.45) is 6.06. The molecule has 0 saturated heterocycles. The number of hydrogen-bond donors (Lipinski definition) is 0. The maximum absolute atomic E-state index is 6.07. The second-order valence-electron chi connectivity index (χ2n) is 3.54. The second kappa shape index (κ2) is 3.68. The highest BCUT2D eigenvalue weighted by atomic mass is 35.5. The first-order chi connectivity index (χ1) is 7.84. The molecule has 3 rings (SSSR count). The molecule has 0 aliphatic heterocycles. The second-order valence-corrected chi connectivity index (χ2v) is 3.95. The Kier molecular flexibility index (Phi) is 2.18. The fourth-order valence-electron chi connectivity index (χ4n) is 1.74. The Hall–Kier alpha value is -1.74. The van der Waals surface area contributed by atoms with Crippen molar-refractivity contribution in [2.45, 2.75) is 6.42 Å². The van der Waals surface area contributed by atoms with Crippen molar-refractivity contribution in [2.75, 3.05) is 0 Å². The number of rotatable bonds is 2. The molecule has 0 radical (unpaired) electrons. The molecule has 0 bridgehead atoms. The third-order valence-electron chi connectivity index (χ3n) is 2.51. The van der Waals surface area contributed by atoms with Crippen molar-refractivity contribution < 1.29 is 4.42 Å². The molecule has 4 heteroatoms. The van der Waals surface area contributed by atoms with Gasteiger partial charge in [-0.3, -0.25) is 0 Å². The molecular weight excluding hydrogens is 224 g/mol. The van der Waals surface area contributed by atoms with Gasteiger partial charge in [0.05, 0.1) is 29.4 Å². The fourth-order valence-corrected chi connectivity index (χ4v) is 1.95. The van der Waals surface area contributed by atoms with Gasteiger partial charge in [0.25, 0.3) is 0 Å². The average molecular weight is 233 g/mol. The molecule has 16 heavy (non-hydrogen) atoms. The van der Waals surface area contributed by atoms with Gasteiger partial charge < -0.3 is 8.82 Å². The monoisotopic (exact) mass is 232 g/mol. The van der Waals surface area contributed by atoms with Crippen LogP contribution in [0.1, 0.15) is 11.6 Å². The maximum Gasteiger partial charge on any atom is 0.120 e. The van der Waals surface area contributed by atoms with Crippen LogP contribution >= 0.6 is 11.6 Å². The van der Waals surface area contributed by atoms with Crippen molar-refractivity contribution in [2.24, 2.45) is 0 Å². The lowest BCUT2D eigenvalue weighted by atomic mass is 10.3. The van der Waals surface area contributed by atoms with E-state index < -0.39 is 0 Å². The van der Waals surface area contributed by atoms with E-state index in [4.69, 9.17) is 16.0 Å². The summed E-state index contributed by atoms with van der Waals surface area (Å²) in [6.45, 7) is 0. The van der Waals surface area contributed by atoms with Crippen LogP contribution < -0.4 is 0 Å². The van der Waals surface area contributed by atoms with Crippen molar-refractivity contribution in [1.82, 2.24) is 9.38 Å². The molecule has 0 unspecified atom stereocenters. The first-order valence-corrected chi connectivity index (χ1v) is 5.35. The summed E-state index contributed by atoms with van der Waals surface area (Å²) in [5.41, 5.74) is 0.922. The van der Waals surface area contributed by atoms with E-state index in [0.717, 1.165) is 17.1 Å². The summed E-state index contributed by atoms with van der Waals surface area (Å²) in [5, 5.41) is 0.709. The zero-order valence-electron chi connectivity index (χ0n) is 8.43. The van der Waals surface area contributed by atoms with Crippen LogP contribution in [0.4, 0.5) is 0 Å². The van der Waals surface area contributed by atoms with Crippen molar-refractivity contribution in [1.29, 1.82) is 0 Å². The first-order valence-electron chi connectivity index (χ1n) is 4.97. The molecule has 0 aliphatic carbocycles. The first kappa shape index (κ1) is 9.48. The van der Waals surface area contributed by atoms with E-state index in [2.05, 4.69) is 4.98 Å². The molecule has 3 nitrogen and oxygen atoms in total. The maximum atomic E-state index is 6.07. The third-order valence-corrected chi connectivity index (χ3v) is 2.83. The number of hydrogen-bond acceptors (Lipinski definition) is 2. The summed E-state index contributed by atoms with van der Waals surface area (Å²) in [6, 6.07) is 7.57. The largest absolute Gasteiger partial charge is 0.469 e. The number of fused-ring (bicyclic) bond motifs is 1. The van der Waals surface area contributed by atoms with Crippen LogP contribution in [0.15, 0.2) is 47.3 Å². The zero-order valence-corrected chi connectivity index (χ0v) is 9.19. The molecule has 0 amide bonds. The topological polar surface area (TPSA) is 30.4 Å². The summed E-state index contributed by atoms with van der Waals surface area (Å²) in [7, 11) is 0. The van der Waals surface area contributed by atoms with Gasteiger partial charge in [0.2, 0.25) is 0 Å². The Morgan fingerprint density at radius 3 is 3.06 bits per heavy atom. The number of halogens is 1. The lowest BCUT2D eigenvalue weighted by Gasteiger charge is -1.99. The number of aromatic nitrogens is 2. The van der Waals surface area contributed by atoms with Gasteiger partial charge in [-0.15, -0.1) is 0 Å². The van der Waals surface area contributed by atoms with Crippen LogP contribution in [0, 0.1) is 0 Å². The molecule has 0 aliphatic rings. The normalized spacial score (nSPS) is 11.1. The molecule has 80 valence electrons.